The molecule has 23 heavy (non-hydrogen) atoms. The Balaban J connectivity index is 2.27. The van der Waals surface area contributed by atoms with Crippen molar-refractivity contribution in [2.45, 2.75) is 11.4 Å². The van der Waals surface area contributed by atoms with Crippen molar-refractivity contribution < 1.29 is 17.2 Å². The Morgan fingerprint density at radius 1 is 0.913 bits per heavy atom. The SMILES string of the molecule is CN(C)c1ccc(CN(C)S(=O)(=O)c2c(F)cccc2F)cc1. The molecule has 0 aliphatic rings. The van der Waals surface area contributed by atoms with Gasteiger partial charge in [0.25, 0.3) is 0 Å². The molecule has 0 spiro atoms. The molecule has 0 aliphatic carbocycles. The minimum absolute atomic E-state index is 0.0177. The molecule has 0 aromatic heterocycles. The second kappa shape index (κ2) is 6.64. The molecule has 7 heteroatoms. The third-order valence-electron chi connectivity index (χ3n) is 3.45. The number of nitrogens with zero attached hydrogens (tertiary/aromatic N) is 2. The van der Waals surface area contributed by atoms with Gasteiger partial charge in [-0.05, 0) is 29.8 Å². The lowest BCUT2D eigenvalue weighted by molar-refractivity contribution is 0.448. The highest BCUT2D eigenvalue weighted by molar-refractivity contribution is 7.89. The summed E-state index contributed by atoms with van der Waals surface area (Å²) < 4.78 is 53.2. The van der Waals surface area contributed by atoms with Crippen molar-refractivity contribution in [3.05, 3.63) is 59.7 Å². The van der Waals surface area contributed by atoms with Crippen molar-refractivity contribution in [3.8, 4) is 0 Å². The first-order chi connectivity index (χ1) is 10.7. The standard InChI is InChI=1S/C16H18F2N2O2S/c1-19(2)13-9-7-12(8-10-13)11-20(3)23(21,22)16-14(17)5-4-6-15(16)18/h4-10H,11H2,1-3H3. The maximum atomic E-state index is 13.7. The monoisotopic (exact) mass is 340 g/mol. The van der Waals surface area contributed by atoms with Crippen molar-refractivity contribution in [1.29, 1.82) is 0 Å². The predicted octanol–water partition coefficient (Wildman–Crippen LogP) is 2.85. The summed E-state index contributed by atoms with van der Waals surface area (Å²) in [5, 5.41) is 0. The highest BCUT2D eigenvalue weighted by Gasteiger charge is 2.28. The molecule has 0 N–H and O–H groups in total. The summed E-state index contributed by atoms with van der Waals surface area (Å²) >= 11 is 0. The zero-order valence-corrected chi connectivity index (χ0v) is 13.9. The number of anilines is 1. The minimum atomic E-state index is -4.25. The maximum Gasteiger partial charge on any atom is 0.248 e. The van der Waals surface area contributed by atoms with Crippen LogP contribution in [0.15, 0.2) is 47.4 Å². The van der Waals surface area contributed by atoms with Gasteiger partial charge in [-0.25, -0.2) is 17.2 Å². The molecule has 2 rings (SSSR count). The Morgan fingerprint density at radius 2 is 1.43 bits per heavy atom. The van der Waals surface area contributed by atoms with Crippen LogP contribution >= 0.6 is 0 Å². The number of hydrogen-bond acceptors (Lipinski definition) is 3. The first-order valence-electron chi connectivity index (χ1n) is 6.90. The molecule has 0 saturated heterocycles. The molecule has 0 radical (unpaired) electrons. The van der Waals surface area contributed by atoms with Crippen LogP contribution in [0.5, 0.6) is 0 Å². The van der Waals surface area contributed by atoms with Crippen LogP contribution in [0.4, 0.5) is 14.5 Å². The number of rotatable bonds is 5. The van der Waals surface area contributed by atoms with E-state index in [-0.39, 0.29) is 6.54 Å². The fourth-order valence-corrected chi connectivity index (χ4v) is 3.39. The third-order valence-corrected chi connectivity index (χ3v) is 5.30. The Labute approximate surface area is 135 Å². The molecule has 0 bridgehead atoms. The van der Waals surface area contributed by atoms with Crippen LogP contribution in [0, 0.1) is 11.6 Å². The summed E-state index contributed by atoms with van der Waals surface area (Å²) in [6.07, 6.45) is 0. The summed E-state index contributed by atoms with van der Waals surface area (Å²) in [5.41, 5.74) is 1.69. The smallest absolute Gasteiger partial charge is 0.248 e. The number of benzene rings is 2. The Morgan fingerprint density at radius 3 is 1.91 bits per heavy atom. The van der Waals surface area contributed by atoms with E-state index in [4.69, 9.17) is 0 Å². The van der Waals surface area contributed by atoms with Gasteiger partial charge in [-0.3, -0.25) is 0 Å². The van der Waals surface area contributed by atoms with Gasteiger partial charge in [0.2, 0.25) is 10.0 Å². The van der Waals surface area contributed by atoms with E-state index in [2.05, 4.69) is 0 Å². The van der Waals surface area contributed by atoms with Crippen LogP contribution in [0.25, 0.3) is 0 Å². The van der Waals surface area contributed by atoms with Crippen LogP contribution in [0.3, 0.4) is 0 Å². The third kappa shape index (κ3) is 3.68. The highest BCUT2D eigenvalue weighted by Crippen LogP contribution is 2.23. The second-order valence-corrected chi connectivity index (χ2v) is 7.35. The van der Waals surface area contributed by atoms with Crippen molar-refractivity contribution in [2.24, 2.45) is 0 Å². The topological polar surface area (TPSA) is 40.6 Å². The van der Waals surface area contributed by atoms with E-state index >= 15 is 0 Å². The molecule has 0 unspecified atom stereocenters. The Bertz CT molecular complexity index is 770. The van der Waals surface area contributed by atoms with E-state index in [1.807, 2.05) is 31.1 Å². The number of halogens is 2. The lowest BCUT2D eigenvalue weighted by Gasteiger charge is -2.19. The van der Waals surface area contributed by atoms with E-state index in [1.165, 1.54) is 7.05 Å². The Hall–Kier alpha value is -1.99. The van der Waals surface area contributed by atoms with Gasteiger partial charge in [0.05, 0.1) is 0 Å². The van der Waals surface area contributed by atoms with E-state index in [9.17, 15) is 17.2 Å². The first kappa shape index (κ1) is 17.4. The molecule has 2 aromatic rings. The molecular weight excluding hydrogens is 322 g/mol. The molecule has 0 fully saturated rings. The maximum absolute atomic E-state index is 13.7. The van der Waals surface area contributed by atoms with Gasteiger partial charge in [0.15, 0.2) is 4.90 Å². The van der Waals surface area contributed by atoms with E-state index in [1.54, 1.807) is 12.1 Å². The molecule has 0 atom stereocenters. The summed E-state index contributed by atoms with van der Waals surface area (Å²) in [7, 11) is 0.831. The molecule has 0 saturated carbocycles. The van der Waals surface area contributed by atoms with Crippen LogP contribution in [-0.2, 0) is 16.6 Å². The Kier molecular flexibility index (Phi) is 5.01. The first-order valence-corrected chi connectivity index (χ1v) is 8.34. The molecular formula is C16H18F2N2O2S. The van der Waals surface area contributed by atoms with Gasteiger partial charge in [0, 0.05) is 33.4 Å². The molecule has 0 amide bonds. The van der Waals surface area contributed by atoms with Gasteiger partial charge >= 0.3 is 0 Å². The summed E-state index contributed by atoms with van der Waals surface area (Å²) in [5.74, 6) is -2.19. The van der Waals surface area contributed by atoms with Crippen LogP contribution < -0.4 is 4.90 Å². The van der Waals surface area contributed by atoms with Crippen LogP contribution in [0.1, 0.15) is 5.56 Å². The van der Waals surface area contributed by atoms with Gasteiger partial charge < -0.3 is 4.90 Å². The quantitative estimate of drug-likeness (QED) is 0.840. The molecule has 0 heterocycles. The summed E-state index contributed by atoms with van der Waals surface area (Å²) in [4.78, 5) is 0.992. The van der Waals surface area contributed by atoms with Gasteiger partial charge in [-0.15, -0.1) is 0 Å². The molecule has 4 nitrogen and oxygen atoms in total. The number of sulfonamides is 1. The molecule has 124 valence electrons. The predicted molar refractivity (Wildman–Crippen MR) is 85.8 cm³/mol. The zero-order chi connectivity index (χ0) is 17.2. The normalized spacial score (nSPS) is 11.7. The van der Waals surface area contributed by atoms with Crippen molar-refractivity contribution in [3.63, 3.8) is 0 Å². The highest BCUT2D eigenvalue weighted by atomic mass is 32.2. The van der Waals surface area contributed by atoms with Crippen molar-refractivity contribution in [2.75, 3.05) is 26.0 Å². The molecule has 2 aromatic carbocycles. The van der Waals surface area contributed by atoms with Gasteiger partial charge in [-0.1, -0.05) is 18.2 Å². The van der Waals surface area contributed by atoms with E-state index in [0.29, 0.717) is 0 Å². The van der Waals surface area contributed by atoms with Crippen molar-refractivity contribution >= 4 is 15.7 Å². The average molecular weight is 340 g/mol. The van der Waals surface area contributed by atoms with E-state index < -0.39 is 26.6 Å². The number of hydrogen-bond donors (Lipinski definition) is 0. The lowest BCUT2D eigenvalue weighted by atomic mass is 10.2. The van der Waals surface area contributed by atoms with Gasteiger partial charge in [-0.2, -0.15) is 4.31 Å². The van der Waals surface area contributed by atoms with E-state index in [0.717, 1.165) is 33.8 Å². The largest absolute Gasteiger partial charge is 0.378 e. The molecule has 0 aliphatic heterocycles. The second-order valence-electron chi connectivity index (χ2n) is 5.37. The van der Waals surface area contributed by atoms with Crippen LogP contribution in [-0.4, -0.2) is 33.9 Å². The zero-order valence-electron chi connectivity index (χ0n) is 13.1. The lowest BCUT2D eigenvalue weighted by Crippen LogP contribution is -2.28. The van der Waals surface area contributed by atoms with Crippen molar-refractivity contribution in [1.82, 2.24) is 4.31 Å². The van der Waals surface area contributed by atoms with Crippen LogP contribution in [0.2, 0.25) is 0 Å². The average Bonchev–Trinajstić information content (AvgIpc) is 2.47. The fourth-order valence-electron chi connectivity index (χ4n) is 2.13. The summed E-state index contributed by atoms with van der Waals surface area (Å²) in [6, 6.07) is 10.2. The minimum Gasteiger partial charge on any atom is -0.378 e. The fraction of sp³-hybridized carbons (Fsp3) is 0.250. The summed E-state index contributed by atoms with van der Waals surface area (Å²) in [6.45, 7) is 0.0177. The van der Waals surface area contributed by atoms with Gasteiger partial charge in [0.1, 0.15) is 11.6 Å².